The second-order valence-electron chi connectivity index (χ2n) is 6.96. The third kappa shape index (κ3) is 4.83. The molecule has 1 saturated heterocycles. The van der Waals surface area contributed by atoms with E-state index in [0.29, 0.717) is 18.6 Å². The zero-order chi connectivity index (χ0) is 17.5. The van der Waals surface area contributed by atoms with E-state index in [1.54, 1.807) is 0 Å². The molecule has 1 aliphatic heterocycles. The van der Waals surface area contributed by atoms with Crippen LogP contribution in [0.4, 0.5) is 0 Å². The van der Waals surface area contributed by atoms with Gasteiger partial charge in [0.25, 0.3) is 0 Å². The molecule has 2 atom stereocenters. The first-order valence-corrected chi connectivity index (χ1v) is 9.49. The SMILES string of the molecule is CCC(C)[C@@H](c1cccc(OCc2ccccc2)c1)N1CCNCC1. The smallest absolute Gasteiger partial charge is 0.120 e. The van der Waals surface area contributed by atoms with Crippen molar-refractivity contribution in [3.63, 3.8) is 0 Å². The van der Waals surface area contributed by atoms with Crippen molar-refractivity contribution in [3.05, 3.63) is 65.7 Å². The zero-order valence-electron chi connectivity index (χ0n) is 15.4. The summed E-state index contributed by atoms with van der Waals surface area (Å²) in [5.41, 5.74) is 2.58. The van der Waals surface area contributed by atoms with Crippen LogP contribution in [0.1, 0.15) is 37.4 Å². The summed E-state index contributed by atoms with van der Waals surface area (Å²) >= 11 is 0. The molecule has 1 N–H and O–H groups in total. The van der Waals surface area contributed by atoms with Crippen molar-refractivity contribution < 1.29 is 4.74 Å². The number of benzene rings is 2. The summed E-state index contributed by atoms with van der Waals surface area (Å²) in [6.07, 6.45) is 1.18. The molecule has 3 heteroatoms. The molecule has 0 amide bonds. The van der Waals surface area contributed by atoms with Crippen molar-refractivity contribution in [1.82, 2.24) is 10.2 Å². The summed E-state index contributed by atoms with van der Waals surface area (Å²) in [7, 11) is 0. The van der Waals surface area contributed by atoms with E-state index in [1.165, 1.54) is 17.5 Å². The van der Waals surface area contributed by atoms with Crippen LogP contribution in [-0.2, 0) is 6.61 Å². The lowest BCUT2D eigenvalue weighted by molar-refractivity contribution is 0.128. The van der Waals surface area contributed by atoms with Gasteiger partial charge < -0.3 is 10.1 Å². The molecule has 0 saturated carbocycles. The fourth-order valence-electron chi connectivity index (χ4n) is 3.61. The van der Waals surface area contributed by atoms with E-state index in [9.17, 15) is 0 Å². The molecular weight excluding hydrogens is 308 g/mol. The van der Waals surface area contributed by atoms with Gasteiger partial charge in [0.1, 0.15) is 12.4 Å². The van der Waals surface area contributed by atoms with E-state index >= 15 is 0 Å². The predicted molar refractivity (Wildman–Crippen MR) is 104 cm³/mol. The second-order valence-corrected chi connectivity index (χ2v) is 6.96. The van der Waals surface area contributed by atoms with E-state index < -0.39 is 0 Å². The van der Waals surface area contributed by atoms with Gasteiger partial charge in [-0.05, 0) is 29.2 Å². The van der Waals surface area contributed by atoms with Crippen LogP contribution in [0.25, 0.3) is 0 Å². The highest BCUT2D eigenvalue weighted by atomic mass is 16.5. The van der Waals surface area contributed by atoms with E-state index in [2.05, 4.69) is 72.6 Å². The maximum atomic E-state index is 6.05. The minimum absolute atomic E-state index is 0.465. The van der Waals surface area contributed by atoms with Gasteiger partial charge in [-0.1, -0.05) is 62.7 Å². The molecule has 3 nitrogen and oxygen atoms in total. The Hall–Kier alpha value is -1.84. The first-order chi connectivity index (χ1) is 12.3. The maximum absolute atomic E-state index is 6.05. The first-order valence-electron chi connectivity index (χ1n) is 9.49. The Morgan fingerprint density at radius 3 is 2.52 bits per heavy atom. The van der Waals surface area contributed by atoms with Gasteiger partial charge in [0, 0.05) is 32.2 Å². The number of nitrogens with one attached hydrogen (secondary N) is 1. The summed E-state index contributed by atoms with van der Waals surface area (Å²) in [5, 5.41) is 3.46. The fourth-order valence-corrected chi connectivity index (χ4v) is 3.61. The average Bonchev–Trinajstić information content (AvgIpc) is 2.68. The molecule has 3 rings (SSSR count). The Balaban J connectivity index is 1.74. The van der Waals surface area contributed by atoms with Crippen molar-refractivity contribution in [2.45, 2.75) is 32.9 Å². The molecule has 1 fully saturated rings. The zero-order valence-corrected chi connectivity index (χ0v) is 15.4. The molecule has 1 aliphatic rings. The molecule has 0 spiro atoms. The quantitative estimate of drug-likeness (QED) is 0.816. The second kappa shape index (κ2) is 9.02. The lowest BCUT2D eigenvalue weighted by Gasteiger charge is -2.38. The van der Waals surface area contributed by atoms with E-state index in [0.717, 1.165) is 31.9 Å². The summed E-state index contributed by atoms with van der Waals surface area (Å²) in [6, 6.07) is 19.5. The minimum Gasteiger partial charge on any atom is -0.489 e. The van der Waals surface area contributed by atoms with Gasteiger partial charge in [-0.3, -0.25) is 4.90 Å². The van der Waals surface area contributed by atoms with Crippen molar-refractivity contribution in [1.29, 1.82) is 0 Å². The van der Waals surface area contributed by atoms with Gasteiger partial charge in [0.2, 0.25) is 0 Å². The molecule has 0 bridgehead atoms. The number of hydrogen-bond acceptors (Lipinski definition) is 3. The largest absolute Gasteiger partial charge is 0.489 e. The first kappa shape index (κ1) is 18.0. The molecule has 0 aromatic heterocycles. The van der Waals surface area contributed by atoms with Gasteiger partial charge >= 0.3 is 0 Å². The Bertz CT molecular complexity index is 637. The third-order valence-electron chi connectivity index (χ3n) is 5.18. The van der Waals surface area contributed by atoms with Crippen molar-refractivity contribution in [2.75, 3.05) is 26.2 Å². The number of piperazine rings is 1. The van der Waals surface area contributed by atoms with E-state index in [-0.39, 0.29) is 0 Å². The monoisotopic (exact) mass is 338 g/mol. The van der Waals surface area contributed by atoms with Crippen molar-refractivity contribution in [3.8, 4) is 5.75 Å². The Kier molecular flexibility index (Phi) is 6.48. The summed E-state index contributed by atoms with van der Waals surface area (Å²) in [6.45, 7) is 9.66. The number of ether oxygens (including phenoxy) is 1. The lowest BCUT2D eigenvalue weighted by Crippen LogP contribution is -2.46. The van der Waals surface area contributed by atoms with E-state index in [1.807, 2.05) is 6.07 Å². The molecule has 25 heavy (non-hydrogen) atoms. The molecule has 0 aliphatic carbocycles. The molecule has 1 unspecified atom stereocenters. The van der Waals surface area contributed by atoms with Crippen LogP contribution >= 0.6 is 0 Å². The third-order valence-corrected chi connectivity index (χ3v) is 5.18. The van der Waals surface area contributed by atoms with Gasteiger partial charge in [0.05, 0.1) is 0 Å². The Labute approximate surface area is 152 Å². The van der Waals surface area contributed by atoms with Gasteiger partial charge in [-0.25, -0.2) is 0 Å². The molecular formula is C22H30N2O. The number of rotatable bonds is 7. The highest BCUT2D eigenvalue weighted by Crippen LogP contribution is 2.32. The summed E-state index contributed by atoms with van der Waals surface area (Å²) in [5.74, 6) is 1.59. The maximum Gasteiger partial charge on any atom is 0.120 e. The summed E-state index contributed by atoms with van der Waals surface area (Å²) < 4.78 is 6.05. The molecule has 2 aromatic rings. The molecule has 2 aromatic carbocycles. The molecule has 134 valence electrons. The predicted octanol–water partition coefficient (Wildman–Crippen LogP) is 4.26. The standard InChI is InChI=1S/C22H30N2O/c1-3-18(2)22(24-14-12-23-13-15-24)20-10-7-11-21(16-20)25-17-19-8-5-4-6-9-19/h4-11,16,18,22-23H,3,12-15,17H2,1-2H3/t18?,22-/m0/s1. The highest BCUT2D eigenvalue weighted by molar-refractivity contribution is 5.31. The van der Waals surface area contributed by atoms with E-state index in [4.69, 9.17) is 4.74 Å². The van der Waals surface area contributed by atoms with Crippen LogP contribution in [0.3, 0.4) is 0 Å². The fraction of sp³-hybridized carbons (Fsp3) is 0.455. The number of hydrogen-bond donors (Lipinski definition) is 1. The normalized spacial score (nSPS) is 17.8. The van der Waals surface area contributed by atoms with Crippen LogP contribution in [-0.4, -0.2) is 31.1 Å². The van der Waals surface area contributed by atoms with Crippen LogP contribution < -0.4 is 10.1 Å². The molecule has 0 radical (unpaired) electrons. The average molecular weight is 338 g/mol. The minimum atomic E-state index is 0.465. The lowest BCUT2D eigenvalue weighted by atomic mass is 9.90. The van der Waals surface area contributed by atoms with Crippen LogP contribution in [0.5, 0.6) is 5.75 Å². The van der Waals surface area contributed by atoms with Gasteiger partial charge in [0.15, 0.2) is 0 Å². The molecule has 1 heterocycles. The van der Waals surface area contributed by atoms with Gasteiger partial charge in [-0.15, -0.1) is 0 Å². The number of nitrogens with zero attached hydrogens (tertiary/aromatic N) is 1. The van der Waals surface area contributed by atoms with Crippen LogP contribution in [0.2, 0.25) is 0 Å². The Morgan fingerprint density at radius 2 is 1.80 bits per heavy atom. The topological polar surface area (TPSA) is 24.5 Å². The van der Waals surface area contributed by atoms with Crippen LogP contribution in [0, 0.1) is 5.92 Å². The Morgan fingerprint density at radius 1 is 1.04 bits per heavy atom. The van der Waals surface area contributed by atoms with Crippen LogP contribution in [0.15, 0.2) is 54.6 Å². The van der Waals surface area contributed by atoms with Crippen molar-refractivity contribution >= 4 is 0 Å². The highest BCUT2D eigenvalue weighted by Gasteiger charge is 2.26. The van der Waals surface area contributed by atoms with Gasteiger partial charge in [-0.2, -0.15) is 0 Å². The van der Waals surface area contributed by atoms with Crippen molar-refractivity contribution in [2.24, 2.45) is 5.92 Å². The summed E-state index contributed by atoms with van der Waals surface area (Å²) in [4.78, 5) is 2.63.